The molecule has 0 saturated heterocycles. The van der Waals surface area contributed by atoms with E-state index in [1.54, 1.807) is 6.07 Å². The van der Waals surface area contributed by atoms with Crippen LogP contribution in [0.2, 0.25) is 0 Å². The zero-order chi connectivity index (χ0) is 10.6. The van der Waals surface area contributed by atoms with E-state index in [1.807, 2.05) is 25.1 Å². The number of rotatable bonds is 3. The molecule has 0 radical (unpaired) electrons. The number of alkyl halides is 1. The average Bonchev–Trinajstić information content (AvgIpc) is 2.16. The lowest BCUT2D eigenvalue weighted by Gasteiger charge is -2.06. The van der Waals surface area contributed by atoms with Crippen LogP contribution in [0.1, 0.15) is 11.1 Å². The van der Waals surface area contributed by atoms with Crippen molar-refractivity contribution in [2.24, 2.45) is 0 Å². The van der Waals surface area contributed by atoms with Gasteiger partial charge in [0.15, 0.2) is 0 Å². The highest BCUT2D eigenvalue weighted by atomic mass is 19.1. The number of aryl methyl sites for hydroxylation is 1. The molecule has 1 aromatic rings. The van der Waals surface area contributed by atoms with Crippen LogP contribution in [0, 0.1) is 6.92 Å². The fraction of sp³-hybridized carbons (Fsp3) is 0.364. The first-order valence-electron chi connectivity index (χ1n) is 4.41. The lowest BCUT2D eigenvalue weighted by molar-refractivity contribution is -0.146. The molecule has 0 heterocycles. The number of hydrogen-bond acceptors (Lipinski definition) is 2. The van der Waals surface area contributed by atoms with Crippen molar-refractivity contribution in [2.45, 2.75) is 19.5 Å². The van der Waals surface area contributed by atoms with Gasteiger partial charge in [-0.05, 0) is 12.5 Å². The number of carbonyl (C=O) groups excluding carboxylic acids is 1. The summed E-state index contributed by atoms with van der Waals surface area (Å²) in [7, 11) is 1.19. The van der Waals surface area contributed by atoms with Crippen LogP contribution in [0.5, 0.6) is 0 Å². The molecule has 0 N–H and O–H groups in total. The summed E-state index contributed by atoms with van der Waals surface area (Å²) in [6, 6.07) is 7.42. The third-order valence-corrected chi connectivity index (χ3v) is 1.95. The van der Waals surface area contributed by atoms with Crippen LogP contribution in [0.15, 0.2) is 24.3 Å². The summed E-state index contributed by atoms with van der Waals surface area (Å²) < 4.78 is 17.4. The fourth-order valence-corrected chi connectivity index (χ4v) is 1.26. The summed E-state index contributed by atoms with van der Waals surface area (Å²) >= 11 is 0. The molecule has 14 heavy (non-hydrogen) atoms. The van der Waals surface area contributed by atoms with Crippen LogP contribution >= 0.6 is 0 Å². The van der Waals surface area contributed by atoms with E-state index in [-0.39, 0.29) is 6.42 Å². The number of methoxy groups -OCH3 is 1. The topological polar surface area (TPSA) is 26.3 Å². The first kappa shape index (κ1) is 10.7. The zero-order valence-corrected chi connectivity index (χ0v) is 8.29. The maximum Gasteiger partial charge on any atom is 0.340 e. The number of benzene rings is 1. The Balaban J connectivity index is 2.64. The Bertz CT molecular complexity index is 323. The largest absolute Gasteiger partial charge is 0.467 e. The quantitative estimate of drug-likeness (QED) is 0.691. The van der Waals surface area contributed by atoms with Gasteiger partial charge in [0.2, 0.25) is 6.17 Å². The monoisotopic (exact) mass is 196 g/mol. The number of esters is 1. The van der Waals surface area contributed by atoms with Crippen molar-refractivity contribution in [2.75, 3.05) is 7.11 Å². The molecule has 0 aliphatic heterocycles. The molecular weight excluding hydrogens is 183 g/mol. The second kappa shape index (κ2) is 4.74. The molecule has 1 atom stereocenters. The van der Waals surface area contributed by atoms with Crippen molar-refractivity contribution in [3.05, 3.63) is 35.4 Å². The molecule has 0 amide bonds. The number of hydrogen-bond donors (Lipinski definition) is 0. The lowest BCUT2D eigenvalue weighted by Crippen LogP contribution is -2.19. The van der Waals surface area contributed by atoms with E-state index in [2.05, 4.69) is 4.74 Å². The molecule has 3 heteroatoms. The summed E-state index contributed by atoms with van der Waals surface area (Å²) in [6.07, 6.45) is -1.49. The van der Waals surface area contributed by atoms with Gasteiger partial charge in [0.1, 0.15) is 0 Å². The summed E-state index contributed by atoms with van der Waals surface area (Å²) in [4.78, 5) is 10.8. The van der Waals surface area contributed by atoms with E-state index in [9.17, 15) is 9.18 Å². The first-order chi connectivity index (χ1) is 6.63. The Morgan fingerprint density at radius 3 is 2.86 bits per heavy atom. The van der Waals surface area contributed by atoms with E-state index >= 15 is 0 Å². The molecule has 1 rings (SSSR count). The molecule has 0 aliphatic carbocycles. The van der Waals surface area contributed by atoms with Gasteiger partial charge in [-0.1, -0.05) is 29.8 Å². The molecule has 0 fully saturated rings. The van der Waals surface area contributed by atoms with Crippen LogP contribution in [-0.4, -0.2) is 19.3 Å². The first-order valence-corrected chi connectivity index (χ1v) is 4.41. The van der Waals surface area contributed by atoms with E-state index in [0.29, 0.717) is 0 Å². The summed E-state index contributed by atoms with van der Waals surface area (Å²) in [5.74, 6) is -0.813. The predicted octanol–water partition coefficient (Wildman–Crippen LogP) is 2.05. The maximum absolute atomic E-state index is 13.1. The number of carbonyl (C=O) groups is 1. The van der Waals surface area contributed by atoms with Crippen LogP contribution < -0.4 is 0 Å². The minimum Gasteiger partial charge on any atom is -0.467 e. The van der Waals surface area contributed by atoms with Crippen molar-refractivity contribution in [1.82, 2.24) is 0 Å². The van der Waals surface area contributed by atoms with Gasteiger partial charge in [0.25, 0.3) is 0 Å². The van der Waals surface area contributed by atoms with E-state index in [0.717, 1.165) is 11.1 Å². The van der Waals surface area contributed by atoms with Crippen LogP contribution in [0.3, 0.4) is 0 Å². The van der Waals surface area contributed by atoms with Crippen molar-refractivity contribution in [3.63, 3.8) is 0 Å². The standard InChI is InChI=1S/C11H13FO2/c1-8-4-3-5-9(6-8)7-10(12)11(13)14-2/h3-6,10H,7H2,1-2H3. The molecule has 0 aliphatic rings. The van der Waals surface area contributed by atoms with Gasteiger partial charge in [-0.25, -0.2) is 9.18 Å². The minimum absolute atomic E-state index is 0.0777. The molecule has 2 nitrogen and oxygen atoms in total. The molecular formula is C11H13FO2. The zero-order valence-electron chi connectivity index (χ0n) is 8.29. The molecule has 0 bridgehead atoms. The van der Waals surface area contributed by atoms with Crippen molar-refractivity contribution in [3.8, 4) is 0 Å². The summed E-state index contributed by atoms with van der Waals surface area (Å²) in [5.41, 5.74) is 1.86. The smallest absolute Gasteiger partial charge is 0.340 e. The molecule has 0 spiro atoms. The van der Waals surface area contributed by atoms with Crippen molar-refractivity contribution in [1.29, 1.82) is 0 Å². The predicted molar refractivity (Wildman–Crippen MR) is 51.8 cm³/mol. The lowest BCUT2D eigenvalue weighted by atomic mass is 10.1. The Kier molecular flexibility index (Phi) is 3.63. The van der Waals surface area contributed by atoms with E-state index in [1.165, 1.54) is 7.11 Å². The van der Waals surface area contributed by atoms with Gasteiger partial charge in [-0.15, -0.1) is 0 Å². The van der Waals surface area contributed by atoms with Gasteiger partial charge in [-0.3, -0.25) is 0 Å². The van der Waals surface area contributed by atoms with Crippen LogP contribution in [-0.2, 0) is 16.0 Å². The van der Waals surface area contributed by atoms with Gasteiger partial charge < -0.3 is 4.74 Å². The highest BCUT2D eigenvalue weighted by Gasteiger charge is 2.17. The Labute approximate surface area is 82.7 Å². The Morgan fingerprint density at radius 1 is 1.57 bits per heavy atom. The van der Waals surface area contributed by atoms with Gasteiger partial charge in [-0.2, -0.15) is 0 Å². The molecule has 1 aromatic carbocycles. The molecule has 1 unspecified atom stereocenters. The fourth-order valence-electron chi connectivity index (χ4n) is 1.26. The minimum atomic E-state index is -1.57. The van der Waals surface area contributed by atoms with E-state index in [4.69, 9.17) is 0 Å². The molecule has 0 aromatic heterocycles. The van der Waals surface area contributed by atoms with Crippen molar-refractivity contribution < 1.29 is 13.9 Å². The average molecular weight is 196 g/mol. The second-order valence-corrected chi connectivity index (χ2v) is 3.18. The highest BCUT2D eigenvalue weighted by Crippen LogP contribution is 2.09. The van der Waals surface area contributed by atoms with Crippen LogP contribution in [0.4, 0.5) is 4.39 Å². The third kappa shape index (κ3) is 2.83. The Morgan fingerprint density at radius 2 is 2.29 bits per heavy atom. The molecule has 76 valence electrons. The number of ether oxygens (including phenoxy) is 1. The van der Waals surface area contributed by atoms with Gasteiger partial charge >= 0.3 is 5.97 Å². The number of halogens is 1. The van der Waals surface area contributed by atoms with E-state index < -0.39 is 12.1 Å². The van der Waals surface area contributed by atoms with Gasteiger partial charge in [0, 0.05) is 6.42 Å². The highest BCUT2D eigenvalue weighted by molar-refractivity contribution is 5.74. The van der Waals surface area contributed by atoms with Crippen LogP contribution in [0.25, 0.3) is 0 Å². The normalized spacial score (nSPS) is 12.2. The molecule has 0 saturated carbocycles. The summed E-state index contributed by atoms with van der Waals surface area (Å²) in [6.45, 7) is 1.93. The SMILES string of the molecule is COC(=O)C(F)Cc1cccc(C)c1. The van der Waals surface area contributed by atoms with Gasteiger partial charge in [0.05, 0.1) is 7.11 Å². The third-order valence-electron chi connectivity index (χ3n) is 1.95. The Hall–Kier alpha value is -1.38. The summed E-state index contributed by atoms with van der Waals surface area (Å²) in [5, 5.41) is 0. The maximum atomic E-state index is 13.1. The van der Waals surface area contributed by atoms with Crippen molar-refractivity contribution >= 4 is 5.97 Å². The second-order valence-electron chi connectivity index (χ2n) is 3.18.